The molecule has 1 rings (SSSR count). The first-order valence-electron chi connectivity index (χ1n) is 6.30. The lowest BCUT2D eigenvalue weighted by atomic mass is 10.2. The number of hydrogen-bond donors (Lipinski definition) is 2. The second kappa shape index (κ2) is 7.26. The Labute approximate surface area is 124 Å². The number of halogens is 1. The molecule has 0 saturated heterocycles. The summed E-state index contributed by atoms with van der Waals surface area (Å²) in [6.45, 7) is 6.71. The molecule has 0 fully saturated rings. The Bertz CT molecular complexity index is 515. The first kappa shape index (κ1) is 16.5. The Hall–Kier alpha value is -0.590. The topological polar surface area (TPSA) is 58.2 Å². The first-order chi connectivity index (χ1) is 8.80. The van der Waals surface area contributed by atoms with Gasteiger partial charge in [0.2, 0.25) is 10.0 Å². The minimum Gasteiger partial charge on any atom is -0.314 e. The van der Waals surface area contributed by atoms with Crippen LogP contribution in [-0.2, 0) is 10.0 Å². The van der Waals surface area contributed by atoms with E-state index in [1.165, 1.54) is 0 Å². The van der Waals surface area contributed by atoms with Crippen LogP contribution in [0.4, 0.5) is 5.69 Å². The molecule has 0 aromatic heterocycles. The van der Waals surface area contributed by atoms with Crippen LogP contribution in [0.5, 0.6) is 0 Å². The van der Waals surface area contributed by atoms with Crippen molar-refractivity contribution in [3.63, 3.8) is 0 Å². The van der Waals surface area contributed by atoms with Gasteiger partial charge in [-0.15, -0.1) is 0 Å². The zero-order valence-electron chi connectivity index (χ0n) is 11.5. The highest BCUT2D eigenvalue weighted by Crippen LogP contribution is 2.20. The maximum absolute atomic E-state index is 11.9. The quantitative estimate of drug-likeness (QED) is 0.745. The average molecular weight is 349 g/mol. The summed E-state index contributed by atoms with van der Waals surface area (Å²) < 4.78 is 27.3. The van der Waals surface area contributed by atoms with Crippen molar-refractivity contribution in [3.05, 3.63) is 28.2 Å². The molecule has 0 aliphatic heterocycles. The first-order valence-corrected chi connectivity index (χ1v) is 8.75. The second-order valence-corrected chi connectivity index (χ2v) is 7.54. The lowest BCUT2D eigenvalue weighted by Crippen LogP contribution is -2.26. The van der Waals surface area contributed by atoms with E-state index in [4.69, 9.17) is 0 Å². The third-order valence-electron chi connectivity index (χ3n) is 2.57. The van der Waals surface area contributed by atoms with Gasteiger partial charge < -0.3 is 5.32 Å². The molecule has 0 heterocycles. The molecule has 0 radical (unpaired) electrons. The van der Waals surface area contributed by atoms with Crippen LogP contribution in [0, 0.1) is 6.92 Å². The molecular weight excluding hydrogens is 328 g/mol. The van der Waals surface area contributed by atoms with Gasteiger partial charge in [-0.3, -0.25) is 4.72 Å². The number of benzene rings is 1. The van der Waals surface area contributed by atoms with E-state index >= 15 is 0 Å². The number of sulfonamides is 1. The Morgan fingerprint density at radius 1 is 1.32 bits per heavy atom. The summed E-state index contributed by atoms with van der Waals surface area (Å²) in [5, 5.41) is 3.20. The molecule has 2 N–H and O–H groups in total. The number of aryl methyl sites for hydroxylation is 1. The lowest BCUT2D eigenvalue weighted by Gasteiger charge is -2.10. The van der Waals surface area contributed by atoms with Gasteiger partial charge in [-0.25, -0.2) is 8.42 Å². The summed E-state index contributed by atoms with van der Waals surface area (Å²) in [6.07, 6.45) is 0.600. The normalized spacial score (nSPS) is 11.8. The van der Waals surface area contributed by atoms with E-state index in [0.29, 0.717) is 24.7 Å². The van der Waals surface area contributed by atoms with Crippen LogP contribution in [0.25, 0.3) is 0 Å². The van der Waals surface area contributed by atoms with Gasteiger partial charge in [0, 0.05) is 16.2 Å². The Morgan fingerprint density at radius 3 is 2.58 bits per heavy atom. The number of anilines is 1. The van der Waals surface area contributed by atoms with Gasteiger partial charge in [0.1, 0.15) is 0 Å². The van der Waals surface area contributed by atoms with Crippen molar-refractivity contribution < 1.29 is 8.42 Å². The predicted octanol–water partition coefficient (Wildman–Crippen LogP) is 2.89. The zero-order chi connectivity index (χ0) is 14.5. The van der Waals surface area contributed by atoms with Gasteiger partial charge in [0.05, 0.1) is 5.75 Å². The highest BCUT2D eigenvalue weighted by Gasteiger charge is 2.10. The third-order valence-corrected chi connectivity index (χ3v) is 4.84. The minimum atomic E-state index is -3.27. The predicted molar refractivity (Wildman–Crippen MR) is 84.0 cm³/mol. The van der Waals surface area contributed by atoms with Gasteiger partial charge in [-0.05, 0) is 43.7 Å². The molecule has 108 valence electrons. The SMILES string of the molecule is Cc1cc(NS(=O)(=O)CCCNC(C)C)ccc1Br. The van der Waals surface area contributed by atoms with Crippen molar-refractivity contribution in [2.24, 2.45) is 0 Å². The van der Waals surface area contributed by atoms with Gasteiger partial charge >= 0.3 is 0 Å². The maximum Gasteiger partial charge on any atom is 0.232 e. The van der Waals surface area contributed by atoms with E-state index in [0.717, 1.165) is 10.0 Å². The van der Waals surface area contributed by atoms with Crippen molar-refractivity contribution in [2.45, 2.75) is 33.2 Å². The van der Waals surface area contributed by atoms with Gasteiger partial charge in [-0.1, -0.05) is 29.8 Å². The molecule has 1 aromatic rings. The van der Waals surface area contributed by atoms with Crippen LogP contribution in [0.2, 0.25) is 0 Å². The zero-order valence-corrected chi connectivity index (χ0v) is 13.9. The molecule has 0 amide bonds. The molecule has 0 aliphatic carbocycles. The Balaban J connectivity index is 2.52. The van der Waals surface area contributed by atoms with Crippen LogP contribution in [-0.4, -0.2) is 26.8 Å². The largest absolute Gasteiger partial charge is 0.314 e. The second-order valence-electron chi connectivity index (χ2n) is 4.85. The fraction of sp³-hybridized carbons (Fsp3) is 0.538. The minimum absolute atomic E-state index is 0.127. The number of rotatable bonds is 7. The van der Waals surface area contributed by atoms with E-state index in [9.17, 15) is 8.42 Å². The van der Waals surface area contributed by atoms with Crippen molar-refractivity contribution in [3.8, 4) is 0 Å². The summed E-state index contributed by atoms with van der Waals surface area (Å²) >= 11 is 3.39. The summed E-state index contributed by atoms with van der Waals surface area (Å²) in [5.41, 5.74) is 1.61. The van der Waals surface area contributed by atoms with E-state index in [1.807, 2.05) is 32.9 Å². The third kappa shape index (κ3) is 6.40. The lowest BCUT2D eigenvalue weighted by molar-refractivity contribution is 0.571. The van der Waals surface area contributed by atoms with E-state index in [1.54, 1.807) is 6.07 Å². The molecular formula is C13H21BrN2O2S. The van der Waals surface area contributed by atoms with Crippen molar-refractivity contribution >= 4 is 31.6 Å². The van der Waals surface area contributed by atoms with E-state index in [2.05, 4.69) is 26.0 Å². The van der Waals surface area contributed by atoms with E-state index < -0.39 is 10.0 Å². The molecule has 19 heavy (non-hydrogen) atoms. The number of nitrogens with one attached hydrogen (secondary N) is 2. The van der Waals surface area contributed by atoms with Crippen LogP contribution < -0.4 is 10.0 Å². The van der Waals surface area contributed by atoms with Gasteiger partial charge in [0.25, 0.3) is 0 Å². The smallest absolute Gasteiger partial charge is 0.232 e. The Kier molecular flexibility index (Phi) is 6.29. The molecule has 0 aliphatic rings. The molecule has 6 heteroatoms. The highest BCUT2D eigenvalue weighted by atomic mass is 79.9. The van der Waals surface area contributed by atoms with Gasteiger partial charge in [0.15, 0.2) is 0 Å². The molecule has 4 nitrogen and oxygen atoms in total. The highest BCUT2D eigenvalue weighted by molar-refractivity contribution is 9.10. The van der Waals surface area contributed by atoms with Crippen molar-refractivity contribution in [1.29, 1.82) is 0 Å². The number of hydrogen-bond acceptors (Lipinski definition) is 3. The van der Waals surface area contributed by atoms with Crippen molar-refractivity contribution in [2.75, 3.05) is 17.0 Å². The fourth-order valence-electron chi connectivity index (χ4n) is 1.59. The van der Waals surface area contributed by atoms with Crippen molar-refractivity contribution in [1.82, 2.24) is 5.32 Å². The Morgan fingerprint density at radius 2 is 2.00 bits per heavy atom. The fourth-order valence-corrected chi connectivity index (χ4v) is 2.95. The molecule has 0 bridgehead atoms. The summed E-state index contributed by atoms with van der Waals surface area (Å²) in [4.78, 5) is 0. The summed E-state index contributed by atoms with van der Waals surface area (Å²) in [5.74, 6) is 0.127. The van der Waals surface area contributed by atoms with E-state index in [-0.39, 0.29) is 5.75 Å². The molecule has 0 saturated carbocycles. The standard InChI is InChI=1S/C13H21BrN2O2S/c1-10(2)15-7-4-8-19(17,18)16-12-5-6-13(14)11(3)9-12/h5-6,9-10,15-16H,4,7-8H2,1-3H3. The van der Waals surface area contributed by atoms with Crippen LogP contribution >= 0.6 is 15.9 Å². The summed E-state index contributed by atoms with van der Waals surface area (Å²) in [6, 6.07) is 5.78. The van der Waals surface area contributed by atoms with Crippen LogP contribution in [0.3, 0.4) is 0 Å². The average Bonchev–Trinajstić information content (AvgIpc) is 2.29. The summed E-state index contributed by atoms with van der Waals surface area (Å²) in [7, 11) is -3.27. The monoisotopic (exact) mass is 348 g/mol. The van der Waals surface area contributed by atoms with Crippen LogP contribution in [0.1, 0.15) is 25.8 Å². The maximum atomic E-state index is 11.9. The van der Waals surface area contributed by atoms with Crippen LogP contribution in [0.15, 0.2) is 22.7 Å². The molecule has 0 unspecified atom stereocenters. The molecule has 0 atom stereocenters. The van der Waals surface area contributed by atoms with Gasteiger partial charge in [-0.2, -0.15) is 0 Å². The molecule has 0 spiro atoms. The molecule has 1 aromatic carbocycles.